The number of benzene rings is 1. The van der Waals surface area contributed by atoms with Crippen molar-refractivity contribution in [3.63, 3.8) is 0 Å². The van der Waals surface area contributed by atoms with E-state index >= 15 is 0 Å². The Kier molecular flexibility index (Phi) is 5.03. The Morgan fingerprint density at radius 3 is 2.85 bits per heavy atom. The molecule has 0 radical (unpaired) electrons. The van der Waals surface area contributed by atoms with Crippen LogP contribution in [-0.2, 0) is 10.6 Å². The summed E-state index contributed by atoms with van der Waals surface area (Å²) < 4.78 is 16.3. The number of halogens is 1. The third kappa shape index (κ3) is 3.32. The van der Waals surface area contributed by atoms with Gasteiger partial charge in [0.05, 0.1) is 30.6 Å². The number of nitro benzene ring substituents is 1. The lowest BCUT2D eigenvalue weighted by Gasteiger charge is -2.24. The fourth-order valence-corrected chi connectivity index (χ4v) is 2.32. The number of methoxy groups -OCH3 is 1. The molecule has 1 saturated heterocycles. The number of rotatable bonds is 5. The lowest BCUT2D eigenvalue weighted by atomic mass is 10.1. The molecule has 0 amide bonds. The van der Waals surface area contributed by atoms with Crippen molar-refractivity contribution in [3.8, 4) is 11.5 Å². The first-order valence-electron chi connectivity index (χ1n) is 6.31. The van der Waals surface area contributed by atoms with Crippen LogP contribution in [-0.4, -0.2) is 31.4 Å². The number of nitro groups is 1. The molecular formula is C13H16ClNO5. The summed E-state index contributed by atoms with van der Waals surface area (Å²) in [6.45, 7) is 1.20. The van der Waals surface area contributed by atoms with Crippen LogP contribution in [0, 0.1) is 10.1 Å². The van der Waals surface area contributed by atoms with Crippen LogP contribution in [0.1, 0.15) is 18.4 Å². The Bertz CT molecular complexity index is 488. The maximum Gasteiger partial charge on any atom is 0.277 e. The Morgan fingerprint density at radius 1 is 1.50 bits per heavy atom. The lowest BCUT2D eigenvalue weighted by Crippen LogP contribution is -2.28. The maximum atomic E-state index is 11.1. The molecule has 1 aromatic rings. The molecule has 1 aliphatic heterocycles. The van der Waals surface area contributed by atoms with E-state index in [-0.39, 0.29) is 17.7 Å². The van der Waals surface area contributed by atoms with Gasteiger partial charge in [-0.25, -0.2) is 0 Å². The van der Waals surface area contributed by atoms with E-state index in [9.17, 15) is 10.1 Å². The van der Waals surface area contributed by atoms with Crippen molar-refractivity contribution in [2.45, 2.75) is 24.8 Å². The Hall–Kier alpha value is -1.53. The zero-order chi connectivity index (χ0) is 14.5. The highest BCUT2D eigenvalue weighted by Crippen LogP contribution is 2.36. The third-order valence-corrected chi connectivity index (χ3v) is 3.41. The second-order valence-electron chi connectivity index (χ2n) is 4.48. The minimum atomic E-state index is -0.471. The summed E-state index contributed by atoms with van der Waals surface area (Å²) in [7, 11) is 1.49. The largest absolute Gasteiger partial charge is 0.493 e. The molecule has 1 fully saturated rings. The molecule has 20 heavy (non-hydrogen) atoms. The highest BCUT2D eigenvalue weighted by atomic mass is 35.5. The van der Waals surface area contributed by atoms with Gasteiger partial charge in [0, 0.05) is 12.2 Å². The molecule has 0 bridgehead atoms. The molecule has 7 heteroatoms. The van der Waals surface area contributed by atoms with Crippen molar-refractivity contribution in [2.24, 2.45) is 0 Å². The third-order valence-electron chi connectivity index (χ3n) is 3.12. The van der Waals surface area contributed by atoms with Gasteiger partial charge in [-0.15, -0.1) is 11.6 Å². The number of hydrogen-bond acceptors (Lipinski definition) is 5. The predicted molar refractivity (Wildman–Crippen MR) is 73.7 cm³/mol. The monoisotopic (exact) mass is 301 g/mol. The van der Waals surface area contributed by atoms with Crippen LogP contribution in [0.15, 0.2) is 12.1 Å². The van der Waals surface area contributed by atoms with Gasteiger partial charge in [0.25, 0.3) is 5.69 Å². The summed E-state index contributed by atoms with van der Waals surface area (Å²) in [6, 6.07) is 2.91. The van der Waals surface area contributed by atoms with Crippen molar-refractivity contribution in [3.05, 3.63) is 27.8 Å². The Labute approximate surface area is 121 Å². The van der Waals surface area contributed by atoms with E-state index in [1.165, 1.54) is 13.2 Å². The first kappa shape index (κ1) is 14.9. The fraction of sp³-hybridized carbons (Fsp3) is 0.538. The van der Waals surface area contributed by atoms with Crippen LogP contribution in [0.3, 0.4) is 0 Å². The molecule has 0 aliphatic carbocycles. The summed E-state index contributed by atoms with van der Waals surface area (Å²) in [5.41, 5.74) is 0.341. The summed E-state index contributed by atoms with van der Waals surface area (Å²) in [5, 5.41) is 11.1. The molecule has 1 aliphatic rings. The zero-order valence-electron chi connectivity index (χ0n) is 11.1. The van der Waals surface area contributed by atoms with E-state index in [0.717, 1.165) is 19.4 Å². The topological polar surface area (TPSA) is 70.8 Å². The first-order valence-corrected chi connectivity index (χ1v) is 6.84. The van der Waals surface area contributed by atoms with Gasteiger partial charge in [-0.1, -0.05) is 0 Å². The minimum Gasteiger partial charge on any atom is -0.493 e. The molecule has 1 unspecified atom stereocenters. The van der Waals surface area contributed by atoms with Crippen LogP contribution < -0.4 is 9.47 Å². The predicted octanol–water partition coefficient (Wildman–Crippen LogP) is 2.90. The Morgan fingerprint density at radius 2 is 2.30 bits per heavy atom. The van der Waals surface area contributed by atoms with Gasteiger partial charge < -0.3 is 14.2 Å². The second-order valence-corrected chi connectivity index (χ2v) is 4.75. The van der Waals surface area contributed by atoms with E-state index in [2.05, 4.69) is 0 Å². The highest BCUT2D eigenvalue weighted by molar-refractivity contribution is 6.17. The van der Waals surface area contributed by atoms with Crippen molar-refractivity contribution in [2.75, 3.05) is 20.3 Å². The van der Waals surface area contributed by atoms with Crippen LogP contribution in [0.2, 0.25) is 0 Å². The van der Waals surface area contributed by atoms with Crippen molar-refractivity contribution in [1.29, 1.82) is 0 Å². The van der Waals surface area contributed by atoms with Gasteiger partial charge in [-0.2, -0.15) is 0 Å². The number of ether oxygens (including phenoxy) is 3. The van der Waals surface area contributed by atoms with E-state index in [4.69, 9.17) is 25.8 Å². The van der Waals surface area contributed by atoms with Gasteiger partial charge in [0.2, 0.25) is 0 Å². The maximum absolute atomic E-state index is 11.1. The van der Waals surface area contributed by atoms with Crippen LogP contribution in [0.5, 0.6) is 11.5 Å². The second kappa shape index (κ2) is 6.76. The van der Waals surface area contributed by atoms with Gasteiger partial charge in [0.1, 0.15) is 6.10 Å². The van der Waals surface area contributed by atoms with E-state index in [0.29, 0.717) is 23.7 Å². The van der Waals surface area contributed by atoms with Crippen LogP contribution in [0.4, 0.5) is 5.69 Å². The molecule has 6 nitrogen and oxygen atoms in total. The molecule has 0 N–H and O–H groups in total. The standard InChI is InChI=1S/C13H16ClNO5/c1-18-12-5-9(7-14)11(15(16)17)6-13(12)20-10-3-2-4-19-8-10/h5-6,10H,2-4,7-8H2,1H3. The normalized spacial score (nSPS) is 18.6. The van der Waals surface area contributed by atoms with Gasteiger partial charge in [-0.3, -0.25) is 10.1 Å². The molecule has 0 aromatic heterocycles. The van der Waals surface area contributed by atoms with Crippen molar-refractivity contribution >= 4 is 17.3 Å². The van der Waals surface area contributed by atoms with E-state index in [1.54, 1.807) is 6.07 Å². The quantitative estimate of drug-likeness (QED) is 0.475. The summed E-state index contributed by atoms with van der Waals surface area (Å²) in [4.78, 5) is 10.6. The van der Waals surface area contributed by atoms with Crippen LogP contribution >= 0.6 is 11.6 Å². The summed E-state index contributed by atoms with van der Waals surface area (Å²) in [5.74, 6) is 0.833. The van der Waals surface area contributed by atoms with E-state index in [1.807, 2.05) is 0 Å². The zero-order valence-corrected chi connectivity index (χ0v) is 11.9. The van der Waals surface area contributed by atoms with Gasteiger partial charge in [-0.05, 0) is 18.9 Å². The van der Waals surface area contributed by atoms with Gasteiger partial charge in [0.15, 0.2) is 11.5 Å². The number of hydrogen-bond donors (Lipinski definition) is 0. The molecule has 2 rings (SSSR count). The SMILES string of the molecule is COc1cc(CCl)c([N+](=O)[O-])cc1OC1CCCOC1. The lowest BCUT2D eigenvalue weighted by molar-refractivity contribution is -0.385. The number of nitrogens with zero attached hydrogens (tertiary/aromatic N) is 1. The number of alkyl halides is 1. The van der Waals surface area contributed by atoms with Crippen LogP contribution in [0.25, 0.3) is 0 Å². The molecule has 1 atom stereocenters. The minimum absolute atomic E-state index is 0.0412. The summed E-state index contributed by atoms with van der Waals surface area (Å²) >= 11 is 5.73. The molecule has 0 saturated carbocycles. The Balaban J connectivity index is 2.29. The van der Waals surface area contributed by atoms with E-state index < -0.39 is 4.92 Å². The molecule has 1 aromatic carbocycles. The van der Waals surface area contributed by atoms with Gasteiger partial charge >= 0.3 is 0 Å². The smallest absolute Gasteiger partial charge is 0.277 e. The molecule has 1 heterocycles. The molecule has 110 valence electrons. The first-order chi connectivity index (χ1) is 9.65. The van der Waals surface area contributed by atoms with Crippen molar-refractivity contribution < 1.29 is 19.1 Å². The fourth-order valence-electron chi connectivity index (χ4n) is 2.10. The molecular weight excluding hydrogens is 286 g/mol. The highest BCUT2D eigenvalue weighted by Gasteiger charge is 2.22. The summed E-state index contributed by atoms with van der Waals surface area (Å²) in [6.07, 6.45) is 1.65. The average molecular weight is 302 g/mol. The average Bonchev–Trinajstić information content (AvgIpc) is 2.47. The molecule has 0 spiro atoms. The van der Waals surface area contributed by atoms with Crippen molar-refractivity contribution in [1.82, 2.24) is 0 Å².